The fourth-order valence-electron chi connectivity index (χ4n) is 3.98. The molecule has 2 aliphatic rings. The predicted molar refractivity (Wildman–Crippen MR) is 120 cm³/mol. The highest BCUT2D eigenvalue weighted by atomic mass is 32.1. The molecule has 1 atom stereocenters. The number of hydrogen-bond donors (Lipinski definition) is 2. The van der Waals surface area contributed by atoms with E-state index in [9.17, 15) is 5.11 Å². The minimum absolute atomic E-state index is 0.260. The summed E-state index contributed by atoms with van der Waals surface area (Å²) < 4.78 is 11.8. The standard InChI is InChI=1S/C24H26N2O3S/c1-28-16-13-11-15(12-14-16)18-7-3-8-19(23(18)29-17-5-2-6-17)25-24-26-22-20(27)9-4-10-21(22)30-24/h3,7-8,11-14,17,20,27H,2,4-6,9-10H2,1H3,(H,25,26). The number of fused-ring (bicyclic) bond motifs is 1. The first kappa shape index (κ1) is 19.4. The van der Waals surface area contributed by atoms with E-state index in [1.54, 1.807) is 18.4 Å². The van der Waals surface area contributed by atoms with Crippen molar-refractivity contribution < 1.29 is 14.6 Å². The number of methoxy groups -OCH3 is 1. The number of nitrogens with zero attached hydrogens (tertiary/aromatic N) is 1. The first-order valence-electron chi connectivity index (χ1n) is 10.6. The molecule has 0 saturated heterocycles. The lowest BCUT2D eigenvalue weighted by Gasteiger charge is -2.29. The Labute approximate surface area is 180 Å². The molecule has 1 heterocycles. The van der Waals surface area contributed by atoms with Crippen LogP contribution in [0.15, 0.2) is 42.5 Å². The number of para-hydroxylation sites is 1. The van der Waals surface area contributed by atoms with Crippen molar-refractivity contribution in [2.24, 2.45) is 0 Å². The van der Waals surface area contributed by atoms with Gasteiger partial charge in [0.2, 0.25) is 0 Å². The number of thiazole rings is 1. The lowest BCUT2D eigenvalue weighted by atomic mass is 9.95. The molecule has 2 N–H and O–H groups in total. The van der Waals surface area contributed by atoms with Crippen LogP contribution in [0, 0.1) is 0 Å². The van der Waals surface area contributed by atoms with Crippen LogP contribution in [0.25, 0.3) is 11.1 Å². The van der Waals surface area contributed by atoms with E-state index in [0.29, 0.717) is 0 Å². The molecule has 5 nitrogen and oxygen atoms in total. The molecule has 1 aromatic heterocycles. The van der Waals surface area contributed by atoms with Crippen molar-refractivity contribution in [1.29, 1.82) is 0 Å². The van der Waals surface area contributed by atoms with E-state index < -0.39 is 6.10 Å². The molecule has 0 radical (unpaired) electrons. The molecular formula is C24H26N2O3S. The molecule has 156 valence electrons. The molecule has 6 heteroatoms. The number of anilines is 2. The Bertz CT molecular complexity index is 1030. The van der Waals surface area contributed by atoms with E-state index in [1.807, 2.05) is 24.3 Å². The summed E-state index contributed by atoms with van der Waals surface area (Å²) in [4.78, 5) is 5.88. The van der Waals surface area contributed by atoms with Gasteiger partial charge in [-0.2, -0.15) is 0 Å². The van der Waals surface area contributed by atoms with Crippen molar-refractivity contribution in [3.8, 4) is 22.6 Å². The second kappa shape index (κ2) is 8.28. The maximum atomic E-state index is 10.3. The molecule has 0 bridgehead atoms. The number of aromatic nitrogens is 1. The highest BCUT2D eigenvalue weighted by Crippen LogP contribution is 2.43. The Morgan fingerprint density at radius 3 is 2.60 bits per heavy atom. The van der Waals surface area contributed by atoms with Crippen LogP contribution in [-0.2, 0) is 6.42 Å². The molecule has 1 unspecified atom stereocenters. The molecule has 2 aliphatic carbocycles. The second-order valence-electron chi connectivity index (χ2n) is 7.94. The van der Waals surface area contributed by atoms with Crippen LogP contribution in [0.2, 0.25) is 0 Å². The number of rotatable bonds is 6. The van der Waals surface area contributed by atoms with Crippen molar-refractivity contribution in [2.45, 2.75) is 50.7 Å². The van der Waals surface area contributed by atoms with Crippen molar-refractivity contribution in [3.63, 3.8) is 0 Å². The van der Waals surface area contributed by atoms with Gasteiger partial charge in [0.1, 0.15) is 5.75 Å². The largest absolute Gasteiger partial charge is 0.497 e. The van der Waals surface area contributed by atoms with Gasteiger partial charge in [-0.3, -0.25) is 0 Å². The molecule has 2 aromatic carbocycles. The van der Waals surface area contributed by atoms with E-state index in [0.717, 1.165) is 71.2 Å². The van der Waals surface area contributed by atoms with E-state index >= 15 is 0 Å². The Morgan fingerprint density at radius 1 is 1.07 bits per heavy atom. The number of aliphatic hydroxyl groups is 1. The number of hydrogen-bond acceptors (Lipinski definition) is 6. The summed E-state index contributed by atoms with van der Waals surface area (Å²) in [6, 6.07) is 14.2. The van der Waals surface area contributed by atoms with Crippen LogP contribution in [0.1, 0.15) is 48.8 Å². The summed E-state index contributed by atoms with van der Waals surface area (Å²) in [7, 11) is 1.68. The van der Waals surface area contributed by atoms with Gasteiger partial charge >= 0.3 is 0 Å². The molecule has 0 spiro atoms. The molecule has 1 saturated carbocycles. The van der Waals surface area contributed by atoms with Gasteiger partial charge in [0, 0.05) is 10.4 Å². The molecule has 0 aliphatic heterocycles. The lowest BCUT2D eigenvalue weighted by molar-refractivity contribution is 0.122. The number of nitrogens with one attached hydrogen (secondary N) is 1. The zero-order valence-corrected chi connectivity index (χ0v) is 17.9. The molecule has 30 heavy (non-hydrogen) atoms. The topological polar surface area (TPSA) is 63.6 Å². The average molecular weight is 423 g/mol. The number of ether oxygens (including phenoxy) is 2. The van der Waals surface area contributed by atoms with Gasteiger partial charge in [-0.1, -0.05) is 24.3 Å². The highest BCUT2D eigenvalue weighted by Gasteiger charge is 2.25. The Kier molecular flexibility index (Phi) is 5.35. The van der Waals surface area contributed by atoms with Crippen LogP contribution in [0.4, 0.5) is 10.8 Å². The monoisotopic (exact) mass is 422 g/mol. The lowest BCUT2D eigenvalue weighted by Crippen LogP contribution is -2.25. The Balaban J connectivity index is 1.50. The Morgan fingerprint density at radius 2 is 1.90 bits per heavy atom. The van der Waals surface area contributed by atoms with Gasteiger partial charge in [-0.05, 0) is 62.3 Å². The first-order chi connectivity index (χ1) is 14.7. The maximum Gasteiger partial charge on any atom is 0.187 e. The summed E-state index contributed by atoms with van der Waals surface area (Å²) in [6.07, 6.45) is 6.01. The summed E-state index contributed by atoms with van der Waals surface area (Å²) >= 11 is 1.63. The molecule has 0 amide bonds. The fraction of sp³-hybridized carbons (Fsp3) is 0.375. The summed E-state index contributed by atoms with van der Waals surface area (Å²) in [5.74, 6) is 1.70. The second-order valence-corrected chi connectivity index (χ2v) is 9.03. The van der Waals surface area contributed by atoms with E-state index in [2.05, 4.69) is 23.5 Å². The average Bonchev–Trinajstić information content (AvgIpc) is 3.15. The molecule has 1 fully saturated rings. The van der Waals surface area contributed by atoms with Gasteiger partial charge in [-0.15, -0.1) is 11.3 Å². The van der Waals surface area contributed by atoms with Gasteiger partial charge in [0.15, 0.2) is 10.9 Å². The summed E-state index contributed by atoms with van der Waals surface area (Å²) in [6.45, 7) is 0. The smallest absolute Gasteiger partial charge is 0.187 e. The summed E-state index contributed by atoms with van der Waals surface area (Å²) in [5, 5.41) is 14.6. The maximum absolute atomic E-state index is 10.3. The van der Waals surface area contributed by atoms with Gasteiger partial charge in [0.05, 0.1) is 30.7 Å². The highest BCUT2D eigenvalue weighted by molar-refractivity contribution is 7.15. The van der Waals surface area contributed by atoms with Crippen LogP contribution in [-0.4, -0.2) is 23.3 Å². The number of aliphatic hydroxyl groups excluding tert-OH is 1. The predicted octanol–water partition coefficient (Wildman–Crippen LogP) is 5.86. The van der Waals surface area contributed by atoms with E-state index in [1.165, 1.54) is 11.3 Å². The van der Waals surface area contributed by atoms with Crippen molar-refractivity contribution in [2.75, 3.05) is 12.4 Å². The van der Waals surface area contributed by atoms with Crippen LogP contribution in [0.5, 0.6) is 11.5 Å². The van der Waals surface area contributed by atoms with Crippen LogP contribution < -0.4 is 14.8 Å². The van der Waals surface area contributed by atoms with Crippen molar-refractivity contribution >= 4 is 22.2 Å². The zero-order valence-electron chi connectivity index (χ0n) is 17.1. The van der Waals surface area contributed by atoms with E-state index in [-0.39, 0.29) is 6.10 Å². The molecular weight excluding hydrogens is 396 g/mol. The minimum Gasteiger partial charge on any atom is -0.497 e. The van der Waals surface area contributed by atoms with Crippen LogP contribution in [0.3, 0.4) is 0 Å². The zero-order chi connectivity index (χ0) is 20.5. The third kappa shape index (κ3) is 3.77. The third-order valence-corrected chi connectivity index (χ3v) is 6.97. The van der Waals surface area contributed by atoms with Gasteiger partial charge in [-0.25, -0.2) is 4.98 Å². The SMILES string of the molecule is COc1ccc(-c2cccc(Nc3nc4c(s3)CCCC4O)c2OC2CCC2)cc1. The Hall–Kier alpha value is -2.57. The molecule has 5 rings (SSSR count). The van der Waals surface area contributed by atoms with Crippen LogP contribution >= 0.6 is 11.3 Å². The number of benzene rings is 2. The molecule has 3 aromatic rings. The van der Waals surface area contributed by atoms with Crippen molar-refractivity contribution in [3.05, 3.63) is 53.0 Å². The quantitative estimate of drug-likeness (QED) is 0.521. The fourth-order valence-corrected chi connectivity index (χ4v) is 5.05. The van der Waals surface area contributed by atoms with Gasteiger partial charge < -0.3 is 19.9 Å². The summed E-state index contributed by atoms with van der Waals surface area (Å²) in [5.41, 5.74) is 3.89. The normalized spacial score (nSPS) is 18.4. The van der Waals surface area contributed by atoms with E-state index in [4.69, 9.17) is 14.5 Å². The first-order valence-corrected chi connectivity index (χ1v) is 11.4. The van der Waals surface area contributed by atoms with Gasteiger partial charge in [0.25, 0.3) is 0 Å². The number of aryl methyl sites for hydroxylation is 1. The van der Waals surface area contributed by atoms with Crippen molar-refractivity contribution in [1.82, 2.24) is 4.98 Å². The minimum atomic E-state index is -0.447. The third-order valence-electron chi connectivity index (χ3n) is 5.92.